The molecular formula is C14H17ClFN3O. The zero-order chi connectivity index (χ0) is 14.7. The van der Waals surface area contributed by atoms with E-state index in [0.717, 1.165) is 5.52 Å². The fraction of sp³-hybridized carbons (Fsp3) is 0.429. The van der Waals surface area contributed by atoms with E-state index in [4.69, 9.17) is 11.6 Å². The summed E-state index contributed by atoms with van der Waals surface area (Å²) in [4.78, 5) is 16.2. The van der Waals surface area contributed by atoms with Crippen LogP contribution in [0.4, 0.5) is 4.39 Å². The third-order valence-electron chi connectivity index (χ3n) is 3.10. The number of hydrogen-bond acceptors (Lipinski definition) is 2. The van der Waals surface area contributed by atoms with Gasteiger partial charge >= 0.3 is 0 Å². The van der Waals surface area contributed by atoms with E-state index in [1.165, 1.54) is 6.07 Å². The lowest BCUT2D eigenvalue weighted by Gasteiger charge is -2.08. The summed E-state index contributed by atoms with van der Waals surface area (Å²) in [6.45, 7) is 4.30. The Morgan fingerprint density at radius 1 is 1.50 bits per heavy atom. The second kappa shape index (κ2) is 6.22. The maximum atomic E-state index is 13.6. The van der Waals surface area contributed by atoms with Crippen LogP contribution >= 0.6 is 11.6 Å². The molecule has 2 aromatic rings. The molecule has 1 N–H and O–H groups in total. The van der Waals surface area contributed by atoms with Gasteiger partial charge in [0.05, 0.1) is 11.0 Å². The van der Waals surface area contributed by atoms with Gasteiger partial charge in [-0.3, -0.25) is 4.79 Å². The van der Waals surface area contributed by atoms with E-state index in [2.05, 4.69) is 10.3 Å². The number of nitrogens with zero attached hydrogens (tertiary/aromatic N) is 2. The van der Waals surface area contributed by atoms with Gasteiger partial charge in [0.1, 0.15) is 18.2 Å². The van der Waals surface area contributed by atoms with Crippen molar-refractivity contribution in [2.24, 2.45) is 0 Å². The first-order chi connectivity index (χ1) is 9.56. The Bertz CT molecular complexity index is 639. The maximum Gasteiger partial charge on any atom is 0.239 e. The number of benzene rings is 1. The van der Waals surface area contributed by atoms with Crippen LogP contribution in [0.1, 0.15) is 18.3 Å². The highest BCUT2D eigenvalue weighted by Crippen LogP contribution is 2.21. The fourth-order valence-corrected chi connectivity index (χ4v) is 2.32. The Morgan fingerprint density at radius 3 is 2.90 bits per heavy atom. The molecule has 6 heteroatoms. The summed E-state index contributed by atoms with van der Waals surface area (Å²) in [6, 6.07) is 3.12. The lowest BCUT2D eigenvalue weighted by molar-refractivity contribution is -0.121. The number of hydrogen-bond donors (Lipinski definition) is 1. The fourth-order valence-electron chi connectivity index (χ4n) is 2.15. The summed E-state index contributed by atoms with van der Waals surface area (Å²) in [6.07, 6.45) is 0.538. The normalized spacial score (nSPS) is 11.0. The van der Waals surface area contributed by atoms with E-state index in [9.17, 15) is 9.18 Å². The van der Waals surface area contributed by atoms with Crippen molar-refractivity contribution >= 4 is 28.5 Å². The lowest BCUT2D eigenvalue weighted by atomic mass is 10.2. The number of fused-ring (bicyclic) bond motifs is 1. The smallest absolute Gasteiger partial charge is 0.239 e. The molecule has 0 bridgehead atoms. The second-order valence-electron chi connectivity index (χ2n) is 4.60. The highest BCUT2D eigenvalue weighted by Gasteiger charge is 2.14. The van der Waals surface area contributed by atoms with Crippen molar-refractivity contribution in [3.05, 3.63) is 29.3 Å². The Labute approximate surface area is 121 Å². The molecule has 108 valence electrons. The first-order valence-corrected chi connectivity index (χ1v) is 7.08. The lowest BCUT2D eigenvalue weighted by Crippen LogP contribution is -2.27. The molecule has 2 rings (SSSR count). The van der Waals surface area contributed by atoms with Crippen LogP contribution in [0.15, 0.2) is 12.1 Å². The molecule has 0 aliphatic rings. The zero-order valence-electron chi connectivity index (χ0n) is 11.5. The molecule has 1 heterocycles. The number of likely N-dealkylation sites (N-methyl/N-ethyl adjacent to an activating group) is 1. The van der Waals surface area contributed by atoms with Gasteiger partial charge in [-0.15, -0.1) is 11.6 Å². The number of aryl methyl sites for hydroxylation is 2. The number of rotatable bonds is 5. The van der Waals surface area contributed by atoms with Crippen molar-refractivity contribution in [3.63, 3.8) is 0 Å². The Kier molecular flexibility index (Phi) is 4.60. The standard InChI is InChI=1S/C14H17ClFN3O/c1-3-17-14(20)8-19-12-6-9(2)10(16)7-11(12)18-13(19)4-5-15/h6-7H,3-5,8H2,1-2H3,(H,17,20). The van der Waals surface area contributed by atoms with E-state index >= 15 is 0 Å². The molecule has 0 fully saturated rings. The predicted octanol–water partition coefficient (Wildman–Crippen LogP) is 2.40. The average Bonchev–Trinajstić information content (AvgIpc) is 2.69. The molecule has 0 aliphatic heterocycles. The predicted molar refractivity (Wildman–Crippen MR) is 77.5 cm³/mol. The number of amides is 1. The second-order valence-corrected chi connectivity index (χ2v) is 4.97. The zero-order valence-corrected chi connectivity index (χ0v) is 12.3. The number of imidazole rings is 1. The molecule has 4 nitrogen and oxygen atoms in total. The molecule has 0 aliphatic carbocycles. The Hall–Kier alpha value is -1.62. The minimum absolute atomic E-state index is 0.0930. The Balaban J connectivity index is 2.50. The van der Waals surface area contributed by atoms with Gasteiger partial charge in [-0.2, -0.15) is 0 Å². The van der Waals surface area contributed by atoms with Crippen molar-refractivity contribution < 1.29 is 9.18 Å². The van der Waals surface area contributed by atoms with Gasteiger partial charge < -0.3 is 9.88 Å². The van der Waals surface area contributed by atoms with Gasteiger partial charge in [0, 0.05) is 24.9 Å². The summed E-state index contributed by atoms with van der Waals surface area (Å²) < 4.78 is 15.4. The number of carbonyl (C=O) groups excluding carboxylic acids is 1. The molecule has 20 heavy (non-hydrogen) atoms. The number of nitrogens with one attached hydrogen (secondary N) is 1. The van der Waals surface area contributed by atoms with Crippen LogP contribution in [-0.2, 0) is 17.8 Å². The largest absolute Gasteiger partial charge is 0.355 e. The van der Waals surface area contributed by atoms with Crippen LogP contribution in [0.3, 0.4) is 0 Å². The van der Waals surface area contributed by atoms with Gasteiger partial charge in [0.25, 0.3) is 0 Å². The molecule has 0 spiro atoms. The monoisotopic (exact) mass is 297 g/mol. The maximum absolute atomic E-state index is 13.6. The van der Waals surface area contributed by atoms with Gasteiger partial charge in [0.2, 0.25) is 5.91 Å². The summed E-state index contributed by atoms with van der Waals surface area (Å²) in [5, 5.41) is 2.75. The molecule has 0 atom stereocenters. The van der Waals surface area contributed by atoms with Crippen molar-refractivity contribution in [1.82, 2.24) is 14.9 Å². The first kappa shape index (κ1) is 14.8. The first-order valence-electron chi connectivity index (χ1n) is 6.54. The SMILES string of the molecule is CCNC(=O)Cn1c(CCCl)nc2cc(F)c(C)cc21. The summed E-state index contributed by atoms with van der Waals surface area (Å²) in [5.74, 6) is 0.716. The topological polar surface area (TPSA) is 46.9 Å². The number of carbonyl (C=O) groups is 1. The van der Waals surface area contributed by atoms with Crippen molar-refractivity contribution in [2.75, 3.05) is 12.4 Å². The molecule has 0 unspecified atom stereocenters. The molecule has 0 saturated heterocycles. The minimum atomic E-state index is -0.294. The van der Waals surface area contributed by atoms with E-state index in [1.807, 2.05) is 6.92 Å². The molecule has 1 amide bonds. The van der Waals surface area contributed by atoms with E-state index < -0.39 is 0 Å². The van der Waals surface area contributed by atoms with E-state index in [-0.39, 0.29) is 18.3 Å². The summed E-state index contributed by atoms with van der Waals surface area (Å²) >= 11 is 5.77. The van der Waals surface area contributed by atoms with Gasteiger partial charge in [-0.25, -0.2) is 9.37 Å². The van der Waals surface area contributed by atoms with Crippen LogP contribution in [0, 0.1) is 12.7 Å². The van der Waals surface area contributed by atoms with Crippen LogP contribution in [0.25, 0.3) is 11.0 Å². The number of halogens is 2. The molecular weight excluding hydrogens is 281 g/mol. The molecule has 0 radical (unpaired) electrons. The van der Waals surface area contributed by atoms with Gasteiger partial charge in [-0.1, -0.05) is 0 Å². The van der Waals surface area contributed by atoms with Crippen LogP contribution in [-0.4, -0.2) is 27.9 Å². The third kappa shape index (κ3) is 2.93. The minimum Gasteiger partial charge on any atom is -0.355 e. The van der Waals surface area contributed by atoms with Gasteiger partial charge in [-0.05, 0) is 25.5 Å². The highest BCUT2D eigenvalue weighted by molar-refractivity contribution is 6.17. The van der Waals surface area contributed by atoms with Crippen molar-refractivity contribution in [1.29, 1.82) is 0 Å². The summed E-state index contributed by atoms with van der Waals surface area (Å²) in [7, 11) is 0. The van der Waals surface area contributed by atoms with Crippen molar-refractivity contribution in [2.45, 2.75) is 26.8 Å². The third-order valence-corrected chi connectivity index (χ3v) is 3.29. The van der Waals surface area contributed by atoms with Crippen LogP contribution < -0.4 is 5.32 Å². The summed E-state index contributed by atoms with van der Waals surface area (Å²) in [5.41, 5.74) is 1.85. The molecule has 1 aromatic heterocycles. The number of aromatic nitrogens is 2. The quantitative estimate of drug-likeness (QED) is 0.862. The number of alkyl halides is 1. The Morgan fingerprint density at radius 2 is 2.25 bits per heavy atom. The van der Waals surface area contributed by atoms with Crippen molar-refractivity contribution in [3.8, 4) is 0 Å². The van der Waals surface area contributed by atoms with E-state index in [1.54, 1.807) is 17.6 Å². The van der Waals surface area contributed by atoms with E-state index in [0.29, 0.717) is 35.8 Å². The average molecular weight is 298 g/mol. The van der Waals surface area contributed by atoms with Crippen LogP contribution in [0.5, 0.6) is 0 Å². The van der Waals surface area contributed by atoms with Gasteiger partial charge in [0.15, 0.2) is 0 Å². The van der Waals surface area contributed by atoms with Crippen LogP contribution in [0.2, 0.25) is 0 Å². The highest BCUT2D eigenvalue weighted by atomic mass is 35.5. The molecule has 0 saturated carbocycles. The molecule has 1 aromatic carbocycles.